The van der Waals surface area contributed by atoms with Gasteiger partial charge in [-0.2, -0.15) is 4.98 Å². The number of fused-ring (bicyclic) bond motifs is 1. The van der Waals surface area contributed by atoms with Gasteiger partial charge in [-0.3, -0.25) is 9.67 Å². The first-order valence-electron chi connectivity index (χ1n) is 15.1. The summed E-state index contributed by atoms with van der Waals surface area (Å²) < 4.78 is 16.6. The van der Waals surface area contributed by atoms with E-state index in [1.807, 2.05) is 19.1 Å². The van der Waals surface area contributed by atoms with Gasteiger partial charge in [-0.15, -0.1) is 5.10 Å². The van der Waals surface area contributed by atoms with Crippen LogP contribution in [-0.4, -0.2) is 48.6 Å². The molecule has 0 radical (unpaired) electrons. The van der Waals surface area contributed by atoms with Gasteiger partial charge in [-0.25, -0.2) is 9.18 Å². The van der Waals surface area contributed by atoms with Crippen LogP contribution in [0.2, 0.25) is 5.02 Å². The summed E-state index contributed by atoms with van der Waals surface area (Å²) in [6, 6.07) is 14.0. The van der Waals surface area contributed by atoms with Crippen molar-refractivity contribution in [1.29, 1.82) is 0 Å². The number of aromatic amines is 2. The van der Waals surface area contributed by atoms with E-state index in [2.05, 4.69) is 48.1 Å². The number of piperidine rings is 1. The predicted molar refractivity (Wildman–Crippen MR) is 170 cm³/mol. The molecule has 0 amide bonds. The first kappa shape index (κ1) is 30.1. The van der Waals surface area contributed by atoms with Crippen molar-refractivity contribution in [3.8, 4) is 16.9 Å². The van der Waals surface area contributed by atoms with Crippen molar-refractivity contribution in [2.45, 2.75) is 70.1 Å². The third-order valence-corrected chi connectivity index (χ3v) is 8.51. The Balaban J connectivity index is 1.17. The number of nitrogens with two attached hydrogens (primary N) is 1. The molecule has 1 aliphatic heterocycles. The van der Waals surface area contributed by atoms with Crippen molar-refractivity contribution >= 4 is 22.6 Å². The van der Waals surface area contributed by atoms with Crippen molar-refractivity contribution in [1.82, 2.24) is 40.6 Å². The van der Waals surface area contributed by atoms with Gasteiger partial charge in [0.05, 0.1) is 22.1 Å². The van der Waals surface area contributed by atoms with Gasteiger partial charge in [-0.05, 0) is 86.9 Å². The number of H-pyrrole nitrogens is 2. The molecule has 0 spiro atoms. The second-order valence-electron chi connectivity index (χ2n) is 11.7. The Morgan fingerprint density at radius 3 is 2.82 bits per heavy atom. The summed E-state index contributed by atoms with van der Waals surface area (Å²) in [5.41, 5.74) is 10.4. The van der Waals surface area contributed by atoms with Gasteiger partial charge in [0.25, 0.3) is 0 Å². The van der Waals surface area contributed by atoms with Crippen LogP contribution in [0.1, 0.15) is 61.9 Å². The monoisotopic (exact) mass is 617 g/mol. The molecule has 0 unspecified atom stereocenters. The van der Waals surface area contributed by atoms with Crippen LogP contribution in [-0.2, 0) is 13.0 Å². The minimum atomic E-state index is -0.510. The van der Waals surface area contributed by atoms with E-state index >= 15 is 4.39 Å². The molecule has 0 bridgehead atoms. The number of aromatic nitrogens is 6. The normalized spacial score (nSPS) is 17.7. The van der Waals surface area contributed by atoms with E-state index in [1.165, 1.54) is 10.1 Å². The Morgan fingerprint density at radius 1 is 1.20 bits per heavy atom. The van der Waals surface area contributed by atoms with Crippen LogP contribution in [0.25, 0.3) is 28.0 Å². The number of hydrogen-bond donors (Lipinski definition) is 5. The van der Waals surface area contributed by atoms with E-state index in [-0.39, 0.29) is 17.1 Å². The van der Waals surface area contributed by atoms with E-state index in [4.69, 9.17) is 17.3 Å². The van der Waals surface area contributed by atoms with Crippen molar-refractivity contribution in [3.63, 3.8) is 0 Å². The number of aryl methyl sites for hydroxylation is 1. The van der Waals surface area contributed by atoms with E-state index in [0.29, 0.717) is 40.6 Å². The summed E-state index contributed by atoms with van der Waals surface area (Å²) >= 11 is 6.26. The molecule has 3 atom stereocenters. The Morgan fingerprint density at radius 2 is 2.05 bits per heavy atom. The van der Waals surface area contributed by atoms with Gasteiger partial charge in [0.1, 0.15) is 5.65 Å². The molecule has 1 fully saturated rings. The highest BCUT2D eigenvalue weighted by molar-refractivity contribution is 6.31. The predicted octanol–water partition coefficient (Wildman–Crippen LogP) is 4.93. The first-order chi connectivity index (χ1) is 21.3. The summed E-state index contributed by atoms with van der Waals surface area (Å²) in [6.07, 6.45) is 9.31. The second kappa shape index (κ2) is 13.4. The zero-order valence-corrected chi connectivity index (χ0v) is 25.4. The number of halogens is 2. The number of hydrogen-bond acceptors (Lipinski definition) is 7. The lowest BCUT2D eigenvalue weighted by Gasteiger charge is -2.31. The van der Waals surface area contributed by atoms with Gasteiger partial charge in [0, 0.05) is 54.6 Å². The summed E-state index contributed by atoms with van der Waals surface area (Å²) in [4.78, 5) is 20.4. The van der Waals surface area contributed by atoms with Crippen LogP contribution < -0.4 is 22.1 Å². The zero-order chi connectivity index (χ0) is 30.6. The maximum absolute atomic E-state index is 15.1. The Bertz CT molecular complexity index is 1770. The van der Waals surface area contributed by atoms with Crippen LogP contribution in [0.5, 0.6) is 0 Å². The lowest BCUT2D eigenvalue weighted by molar-refractivity contribution is 0.314. The molecule has 10 nitrogen and oxygen atoms in total. The highest BCUT2D eigenvalue weighted by Crippen LogP contribution is 2.32. The lowest BCUT2D eigenvalue weighted by Crippen LogP contribution is -2.43. The molecule has 230 valence electrons. The van der Waals surface area contributed by atoms with E-state index in [0.717, 1.165) is 56.3 Å². The van der Waals surface area contributed by atoms with Gasteiger partial charge < -0.3 is 21.4 Å². The van der Waals surface area contributed by atoms with E-state index in [1.54, 1.807) is 30.6 Å². The van der Waals surface area contributed by atoms with Gasteiger partial charge in [-0.1, -0.05) is 28.9 Å². The molecule has 6 rings (SSSR count). The summed E-state index contributed by atoms with van der Waals surface area (Å²) in [5.74, 6) is -0.510. The molecule has 0 saturated carbocycles. The first-order valence-corrected chi connectivity index (χ1v) is 15.5. The van der Waals surface area contributed by atoms with E-state index in [9.17, 15) is 4.79 Å². The number of benzene rings is 2. The third kappa shape index (κ3) is 6.91. The molecule has 3 aromatic heterocycles. The number of nitrogens with zero attached hydrogens (tertiary/aromatic N) is 4. The van der Waals surface area contributed by atoms with E-state index < -0.39 is 11.5 Å². The minimum Gasteiger partial charge on any atom is -0.339 e. The molecule has 1 saturated heterocycles. The topological polar surface area (TPSA) is 142 Å². The van der Waals surface area contributed by atoms with Gasteiger partial charge in [0.2, 0.25) is 0 Å². The molecule has 44 heavy (non-hydrogen) atoms. The molecule has 0 aliphatic carbocycles. The highest BCUT2D eigenvalue weighted by atomic mass is 35.5. The average Bonchev–Trinajstić information content (AvgIpc) is 3.68. The van der Waals surface area contributed by atoms with Crippen LogP contribution >= 0.6 is 11.6 Å². The fourth-order valence-corrected chi connectivity index (χ4v) is 6.18. The fraction of sp³-hybridized carbons (Fsp3) is 0.375. The molecule has 2 aromatic carbocycles. The van der Waals surface area contributed by atoms with Crippen molar-refractivity contribution in [2.75, 3.05) is 6.54 Å². The molecular formula is C32H37ClFN9O. The third-order valence-electron chi connectivity index (χ3n) is 8.23. The average molecular weight is 618 g/mol. The molecule has 4 heterocycles. The Labute approximate surface area is 259 Å². The summed E-state index contributed by atoms with van der Waals surface area (Å²) in [7, 11) is 0. The maximum Gasteiger partial charge on any atom is 0.354 e. The minimum absolute atomic E-state index is 0.0613. The lowest BCUT2D eigenvalue weighted by atomic mass is 9.93. The number of nitrogens with one attached hydrogen (secondary N) is 4. The summed E-state index contributed by atoms with van der Waals surface area (Å²) in [6.45, 7) is 3.49. The van der Waals surface area contributed by atoms with Crippen LogP contribution in [0.4, 0.5) is 4.39 Å². The Hall–Kier alpha value is -3.90. The van der Waals surface area contributed by atoms with Crippen molar-refractivity contribution in [3.05, 3.63) is 93.0 Å². The molecule has 1 aliphatic rings. The van der Waals surface area contributed by atoms with Crippen molar-refractivity contribution in [2.24, 2.45) is 5.73 Å². The maximum atomic E-state index is 15.1. The van der Waals surface area contributed by atoms with Crippen LogP contribution in [0, 0.1) is 5.82 Å². The second-order valence-corrected chi connectivity index (χ2v) is 12.1. The SMILES string of the molecule is C[C@H](N)CCCc1cc(Cl)c(F)c(-c2cc3cn(-c4ccc([C@@H]5CCC[C@@H](CNCc6c[nH]nn6)N5)cc4)c(=O)nc3[nH]2)c1. The largest absolute Gasteiger partial charge is 0.354 e. The Kier molecular flexibility index (Phi) is 9.17. The molecular weight excluding hydrogens is 581 g/mol. The standard InChI is InChI=1S/C32H37ClFN9O/c1-19(35)4-2-5-20-12-26(30(34)27(33)13-20)29-14-22-18-43(32(44)40-31(22)39-29)25-10-8-21(9-11-25)28-7-3-6-23(38-28)15-36-16-24-17-37-42-41-24/h8-14,17-19,23,28,36,38H,2-7,15-16,35H2,1H3,(H,37,41,42)(H,39,40,44)/t19-,23-,28-/m0/s1. The zero-order valence-electron chi connectivity index (χ0n) is 24.6. The smallest absolute Gasteiger partial charge is 0.339 e. The molecule has 6 N–H and O–H groups in total. The molecule has 12 heteroatoms. The quantitative estimate of drug-likeness (QED) is 0.141. The van der Waals surface area contributed by atoms with Gasteiger partial charge in [0.15, 0.2) is 5.82 Å². The van der Waals surface area contributed by atoms with Gasteiger partial charge >= 0.3 is 5.69 Å². The van der Waals surface area contributed by atoms with Crippen molar-refractivity contribution < 1.29 is 4.39 Å². The fourth-order valence-electron chi connectivity index (χ4n) is 5.94. The van der Waals surface area contributed by atoms with Crippen LogP contribution in [0.15, 0.2) is 59.7 Å². The molecule has 5 aromatic rings. The number of rotatable bonds is 11. The van der Waals surface area contributed by atoms with Crippen LogP contribution in [0.3, 0.4) is 0 Å². The highest BCUT2D eigenvalue weighted by Gasteiger charge is 2.22. The summed E-state index contributed by atoms with van der Waals surface area (Å²) in [5, 5.41) is 18.4.